The predicted octanol–water partition coefficient (Wildman–Crippen LogP) is 3.39. The number of nitrogens with zero attached hydrogens (tertiary/aromatic N) is 5. The quantitative estimate of drug-likeness (QED) is 0.441. The fourth-order valence-electron chi connectivity index (χ4n) is 5.94. The van der Waals surface area contributed by atoms with Crippen molar-refractivity contribution in [1.29, 1.82) is 0 Å². The number of fused-ring (bicyclic) bond motifs is 1. The number of piperidine rings is 2. The van der Waals surface area contributed by atoms with E-state index in [1.54, 1.807) is 35.1 Å². The first-order valence-electron chi connectivity index (χ1n) is 14.5. The largest absolute Gasteiger partial charge is 0.496 e. The molecular formula is C31H34N6O6. The van der Waals surface area contributed by atoms with Gasteiger partial charge in [0.05, 0.1) is 18.4 Å². The van der Waals surface area contributed by atoms with Gasteiger partial charge in [-0.2, -0.15) is 0 Å². The lowest BCUT2D eigenvalue weighted by molar-refractivity contribution is 0.0704. The van der Waals surface area contributed by atoms with Gasteiger partial charge in [0.2, 0.25) is 5.95 Å². The number of para-hydroxylation sites is 1. The number of cyclic esters (lactones) is 1. The average Bonchev–Trinajstić information content (AvgIpc) is 3.05. The molecular weight excluding hydrogens is 552 g/mol. The molecule has 3 amide bonds. The van der Waals surface area contributed by atoms with Crippen LogP contribution in [0.25, 0.3) is 0 Å². The van der Waals surface area contributed by atoms with Crippen molar-refractivity contribution in [2.45, 2.75) is 44.4 Å². The second-order valence-electron chi connectivity index (χ2n) is 10.8. The zero-order chi connectivity index (χ0) is 29.9. The molecule has 0 unspecified atom stereocenters. The molecule has 6 rings (SSSR count). The Bertz CT molecular complexity index is 1520. The third-order valence-electron chi connectivity index (χ3n) is 8.24. The van der Waals surface area contributed by atoms with E-state index in [9.17, 15) is 14.4 Å². The normalized spacial score (nSPS) is 17.7. The van der Waals surface area contributed by atoms with E-state index in [0.717, 1.165) is 24.1 Å². The summed E-state index contributed by atoms with van der Waals surface area (Å²) in [5.41, 5.74) is 7.88. The van der Waals surface area contributed by atoms with Gasteiger partial charge in [0.25, 0.3) is 11.8 Å². The van der Waals surface area contributed by atoms with Gasteiger partial charge in [0, 0.05) is 62.9 Å². The van der Waals surface area contributed by atoms with Crippen molar-refractivity contribution in [2.75, 3.05) is 43.1 Å². The Morgan fingerprint density at radius 3 is 2.51 bits per heavy atom. The number of amides is 3. The molecule has 12 heteroatoms. The van der Waals surface area contributed by atoms with Gasteiger partial charge in [-0.3, -0.25) is 14.5 Å². The van der Waals surface area contributed by atoms with Crippen molar-refractivity contribution in [3.8, 4) is 11.5 Å². The highest BCUT2D eigenvalue weighted by Crippen LogP contribution is 2.33. The van der Waals surface area contributed by atoms with Gasteiger partial charge in [-0.15, -0.1) is 0 Å². The van der Waals surface area contributed by atoms with Crippen LogP contribution in [0.3, 0.4) is 0 Å². The summed E-state index contributed by atoms with van der Waals surface area (Å²) in [6, 6.07) is 14.5. The molecule has 4 heterocycles. The first-order chi connectivity index (χ1) is 20.9. The number of aromatic nitrogens is 2. The molecule has 0 atom stereocenters. The topological polar surface area (TPSA) is 140 Å². The molecule has 0 spiro atoms. The van der Waals surface area contributed by atoms with Crippen LogP contribution in [0, 0.1) is 0 Å². The lowest BCUT2D eigenvalue weighted by atomic mass is 10.00. The molecule has 0 bridgehead atoms. The van der Waals surface area contributed by atoms with E-state index >= 15 is 0 Å². The molecule has 2 aromatic carbocycles. The monoisotopic (exact) mass is 586 g/mol. The fourth-order valence-corrected chi connectivity index (χ4v) is 5.94. The highest BCUT2D eigenvalue weighted by molar-refractivity contribution is 5.97. The van der Waals surface area contributed by atoms with Gasteiger partial charge in [-0.25, -0.2) is 14.8 Å². The predicted molar refractivity (Wildman–Crippen MR) is 157 cm³/mol. The molecule has 224 valence electrons. The summed E-state index contributed by atoms with van der Waals surface area (Å²) in [5.74, 6) is 0.850. The van der Waals surface area contributed by atoms with Crippen molar-refractivity contribution in [3.63, 3.8) is 0 Å². The minimum Gasteiger partial charge on any atom is -0.496 e. The van der Waals surface area contributed by atoms with Gasteiger partial charge < -0.3 is 29.7 Å². The minimum absolute atomic E-state index is 0.0348. The van der Waals surface area contributed by atoms with E-state index in [1.807, 2.05) is 29.2 Å². The molecule has 0 radical (unpaired) electrons. The number of anilines is 2. The van der Waals surface area contributed by atoms with E-state index in [4.69, 9.17) is 19.9 Å². The molecule has 3 aliphatic rings. The van der Waals surface area contributed by atoms with Gasteiger partial charge >= 0.3 is 6.09 Å². The Labute approximate surface area is 249 Å². The first-order valence-corrected chi connectivity index (χ1v) is 14.5. The zero-order valence-electron chi connectivity index (χ0n) is 24.0. The number of likely N-dealkylation sites (tertiary alicyclic amines) is 1. The first kappa shape index (κ1) is 28.3. The van der Waals surface area contributed by atoms with Crippen molar-refractivity contribution < 1.29 is 28.6 Å². The van der Waals surface area contributed by atoms with Gasteiger partial charge in [0.15, 0.2) is 0 Å². The Balaban J connectivity index is 1.05. The number of carbonyl (C=O) groups excluding carboxylic acids is 3. The number of nitrogens with two attached hydrogens (primary N) is 1. The average molecular weight is 587 g/mol. The summed E-state index contributed by atoms with van der Waals surface area (Å²) in [4.78, 5) is 51.7. The molecule has 12 nitrogen and oxygen atoms in total. The van der Waals surface area contributed by atoms with E-state index in [0.29, 0.717) is 62.0 Å². The van der Waals surface area contributed by atoms with Gasteiger partial charge in [-0.05, 0) is 37.1 Å². The van der Waals surface area contributed by atoms with Crippen molar-refractivity contribution in [3.05, 3.63) is 71.5 Å². The maximum atomic E-state index is 13.5. The Morgan fingerprint density at radius 1 is 1.00 bits per heavy atom. The maximum Gasteiger partial charge on any atom is 0.414 e. The van der Waals surface area contributed by atoms with Crippen LogP contribution in [0.1, 0.15) is 52.1 Å². The van der Waals surface area contributed by atoms with Crippen molar-refractivity contribution >= 4 is 29.5 Å². The van der Waals surface area contributed by atoms with Crippen LogP contribution >= 0.6 is 0 Å². The Kier molecular flexibility index (Phi) is 7.99. The molecule has 2 saturated heterocycles. The van der Waals surface area contributed by atoms with Crippen LogP contribution in [-0.4, -0.2) is 78.2 Å². The summed E-state index contributed by atoms with van der Waals surface area (Å²) in [6.07, 6.45) is 3.93. The zero-order valence-corrected chi connectivity index (χ0v) is 24.0. The van der Waals surface area contributed by atoms with Crippen LogP contribution < -0.4 is 25.0 Å². The molecule has 3 aliphatic heterocycles. The highest BCUT2D eigenvalue weighted by Gasteiger charge is 2.35. The lowest BCUT2D eigenvalue weighted by Gasteiger charge is -2.40. The number of rotatable bonds is 7. The second-order valence-corrected chi connectivity index (χ2v) is 10.8. The molecule has 0 saturated carbocycles. The number of benzene rings is 2. The lowest BCUT2D eigenvalue weighted by Crippen LogP contribution is -2.50. The van der Waals surface area contributed by atoms with Crippen LogP contribution in [0.5, 0.6) is 11.5 Å². The number of methoxy groups -OCH3 is 1. The van der Waals surface area contributed by atoms with E-state index in [-0.39, 0.29) is 36.4 Å². The minimum atomic E-state index is -0.586. The molecule has 2 N–H and O–H groups in total. The van der Waals surface area contributed by atoms with E-state index in [2.05, 4.69) is 9.97 Å². The number of hydrogen-bond acceptors (Lipinski definition) is 9. The maximum absolute atomic E-state index is 13.5. The summed E-state index contributed by atoms with van der Waals surface area (Å²) >= 11 is 0. The Morgan fingerprint density at radius 2 is 1.77 bits per heavy atom. The number of primary amides is 1. The van der Waals surface area contributed by atoms with Crippen LogP contribution in [0.15, 0.2) is 54.7 Å². The number of ether oxygens (including phenoxy) is 3. The second kappa shape index (κ2) is 12.2. The standard InChI is InChI=1S/C31H34N6O6/c1-41-27-18-23(43-22-11-16-36(17-12-22)30-33-13-8-25(34-30)28(32)38)6-7-24(27)29(39)35-14-9-21(10-15-35)37-26-5-3-2-4-20(26)19-42-31(37)40/h2-8,13,18,21-22H,9-12,14-17,19H2,1H3,(H2,32,38). The summed E-state index contributed by atoms with van der Waals surface area (Å²) < 4.78 is 17.3. The van der Waals surface area contributed by atoms with Crippen molar-refractivity contribution in [1.82, 2.24) is 14.9 Å². The van der Waals surface area contributed by atoms with Crippen LogP contribution in [-0.2, 0) is 11.3 Å². The third kappa shape index (κ3) is 5.90. The molecule has 1 aromatic heterocycles. The highest BCUT2D eigenvalue weighted by atomic mass is 16.6. The van der Waals surface area contributed by atoms with Crippen molar-refractivity contribution in [2.24, 2.45) is 5.73 Å². The SMILES string of the molecule is COc1cc(OC2CCN(c3nccc(C(N)=O)n3)CC2)ccc1C(=O)N1CCC(N2C(=O)OCc3ccccc32)CC1. The number of carbonyl (C=O) groups is 3. The summed E-state index contributed by atoms with van der Waals surface area (Å²) in [7, 11) is 1.54. The van der Waals surface area contributed by atoms with Crippen LogP contribution in [0.4, 0.5) is 16.4 Å². The third-order valence-corrected chi connectivity index (χ3v) is 8.24. The number of hydrogen-bond donors (Lipinski definition) is 1. The molecule has 0 aliphatic carbocycles. The van der Waals surface area contributed by atoms with E-state index < -0.39 is 5.91 Å². The smallest absolute Gasteiger partial charge is 0.414 e. The van der Waals surface area contributed by atoms with E-state index in [1.165, 1.54) is 12.3 Å². The fraction of sp³-hybridized carbons (Fsp3) is 0.387. The van der Waals surface area contributed by atoms with Gasteiger partial charge in [-0.1, -0.05) is 18.2 Å². The molecule has 2 fully saturated rings. The Hall–Kier alpha value is -4.87. The van der Waals surface area contributed by atoms with Gasteiger partial charge in [0.1, 0.15) is 29.9 Å². The summed E-state index contributed by atoms with van der Waals surface area (Å²) in [5, 5.41) is 0. The molecule has 43 heavy (non-hydrogen) atoms. The summed E-state index contributed by atoms with van der Waals surface area (Å²) in [6.45, 7) is 2.64. The van der Waals surface area contributed by atoms with Crippen LogP contribution in [0.2, 0.25) is 0 Å². The molecule has 3 aromatic rings.